The van der Waals surface area contributed by atoms with Crippen molar-refractivity contribution in [1.29, 1.82) is 0 Å². The third-order valence-electron chi connectivity index (χ3n) is 2.93. The number of carbonyl (C=O) groups is 2. The second kappa shape index (κ2) is 8.74. The molecular formula is C14H19Cl2N3O2. The molecule has 0 heterocycles. The molecule has 7 heteroatoms. The van der Waals surface area contributed by atoms with Crippen molar-refractivity contribution >= 4 is 35.1 Å². The summed E-state index contributed by atoms with van der Waals surface area (Å²) in [5.41, 5.74) is 6.07. The molecule has 116 valence electrons. The average Bonchev–Trinajstić information content (AvgIpc) is 2.44. The molecule has 0 saturated carbocycles. The first-order valence-corrected chi connectivity index (χ1v) is 7.47. The number of hydrogen-bond donors (Lipinski definition) is 3. The van der Waals surface area contributed by atoms with Crippen molar-refractivity contribution in [3.63, 3.8) is 0 Å². The maximum absolute atomic E-state index is 11.8. The predicted molar refractivity (Wildman–Crippen MR) is 84.3 cm³/mol. The number of amides is 3. The molecule has 21 heavy (non-hydrogen) atoms. The Balaban J connectivity index is 2.48. The fourth-order valence-electron chi connectivity index (χ4n) is 1.74. The van der Waals surface area contributed by atoms with Crippen LogP contribution in [-0.2, 0) is 11.3 Å². The van der Waals surface area contributed by atoms with Gasteiger partial charge in [-0.1, -0.05) is 49.0 Å². The monoisotopic (exact) mass is 331 g/mol. The van der Waals surface area contributed by atoms with Gasteiger partial charge in [0, 0.05) is 6.54 Å². The summed E-state index contributed by atoms with van der Waals surface area (Å²) in [4.78, 5) is 23.0. The Morgan fingerprint density at radius 3 is 2.57 bits per heavy atom. The van der Waals surface area contributed by atoms with Gasteiger partial charge < -0.3 is 16.4 Å². The number of unbranched alkanes of at least 4 members (excludes halogenated alkanes) is 1. The third-order valence-corrected chi connectivity index (χ3v) is 3.67. The van der Waals surface area contributed by atoms with Gasteiger partial charge in [0.2, 0.25) is 5.91 Å². The van der Waals surface area contributed by atoms with Crippen LogP contribution in [0.25, 0.3) is 0 Å². The predicted octanol–water partition coefficient (Wildman–Crippen LogP) is 2.84. The molecule has 0 saturated heterocycles. The van der Waals surface area contributed by atoms with Gasteiger partial charge >= 0.3 is 6.03 Å². The highest BCUT2D eigenvalue weighted by Gasteiger charge is 2.16. The van der Waals surface area contributed by atoms with E-state index in [0.717, 1.165) is 18.4 Å². The van der Waals surface area contributed by atoms with E-state index in [1.165, 1.54) is 0 Å². The highest BCUT2D eigenvalue weighted by atomic mass is 35.5. The van der Waals surface area contributed by atoms with E-state index in [1.54, 1.807) is 18.2 Å². The van der Waals surface area contributed by atoms with E-state index < -0.39 is 18.0 Å². The van der Waals surface area contributed by atoms with Gasteiger partial charge in [-0.15, -0.1) is 0 Å². The lowest BCUT2D eigenvalue weighted by molar-refractivity contribution is -0.119. The topological polar surface area (TPSA) is 84.2 Å². The van der Waals surface area contributed by atoms with Crippen LogP contribution in [0.15, 0.2) is 18.2 Å². The number of benzene rings is 1. The molecule has 4 N–H and O–H groups in total. The molecule has 0 bridgehead atoms. The molecule has 0 aromatic heterocycles. The molecule has 1 rings (SSSR count). The summed E-state index contributed by atoms with van der Waals surface area (Å²) < 4.78 is 0. The first-order valence-electron chi connectivity index (χ1n) is 6.71. The second-order valence-corrected chi connectivity index (χ2v) is 5.49. The minimum atomic E-state index is -0.654. The number of carbonyl (C=O) groups excluding carboxylic acids is 2. The van der Waals surface area contributed by atoms with Crippen molar-refractivity contribution in [2.24, 2.45) is 5.73 Å². The van der Waals surface area contributed by atoms with E-state index in [4.69, 9.17) is 28.9 Å². The largest absolute Gasteiger partial charge is 0.368 e. The maximum Gasteiger partial charge on any atom is 0.315 e. The molecule has 1 aromatic carbocycles. The fourth-order valence-corrected chi connectivity index (χ4v) is 2.06. The van der Waals surface area contributed by atoms with Crippen LogP contribution in [0, 0.1) is 0 Å². The summed E-state index contributed by atoms with van der Waals surface area (Å²) in [7, 11) is 0. The maximum atomic E-state index is 11.8. The summed E-state index contributed by atoms with van der Waals surface area (Å²) in [5, 5.41) is 6.09. The molecule has 0 aliphatic rings. The number of urea groups is 1. The fraction of sp³-hybridized carbons (Fsp3) is 0.429. The van der Waals surface area contributed by atoms with Gasteiger partial charge in [-0.05, 0) is 24.1 Å². The lowest BCUT2D eigenvalue weighted by Gasteiger charge is -2.15. The van der Waals surface area contributed by atoms with E-state index in [1.807, 2.05) is 6.92 Å². The first kappa shape index (κ1) is 17.6. The van der Waals surface area contributed by atoms with Gasteiger partial charge in [0.25, 0.3) is 0 Å². The number of rotatable bonds is 7. The molecule has 1 aromatic rings. The number of nitrogens with one attached hydrogen (secondary N) is 2. The van der Waals surface area contributed by atoms with Crippen LogP contribution in [-0.4, -0.2) is 18.0 Å². The minimum Gasteiger partial charge on any atom is -0.368 e. The quantitative estimate of drug-likeness (QED) is 0.717. The van der Waals surface area contributed by atoms with Gasteiger partial charge in [-0.25, -0.2) is 4.79 Å². The lowest BCUT2D eigenvalue weighted by Crippen LogP contribution is -2.48. The Morgan fingerprint density at radius 1 is 1.29 bits per heavy atom. The van der Waals surface area contributed by atoms with Gasteiger partial charge in [0.1, 0.15) is 6.04 Å². The smallest absolute Gasteiger partial charge is 0.315 e. The molecule has 5 nitrogen and oxygen atoms in total. The summed E-state index contributed by atoms with van der Waals surface area (Å²) in [6.07, 6.45) is 2.28. The number of primary amides is 1. The zero-order chi connectivity index (χ0) is 15.8. The van der Waals surface area contributed by atoms with E-state index in [9.17, 15) is 9.59 Å². The Kier molecular flexibility index (Phi) is 7.32. The number of halogens is 2. The van der Waals surface area contributed by atoms with Crippen molar-refractivity contribution in [3.8, 4) is 0 Å². The molecule has 0 unspecified atom stereocenters. The van der Waals surface area contributed by atoms with Crippen molar-refractivity contribution in [2.45, 2.75) is 38.8 Å². The van der Waals surface area contributed by atoms with Crippen LogP contribution in [0.5, 0.6) is 0 Å². The summed E-state index contributed by atoms with van der Waals surface area (Å²) in [5.74, 6) is -0.534. The highest BCUT2D eigenvalue weighted by molar-refractivity contribution is 6.42. The number of nitrogens with two attached hydrogens (primary N) is 1. The van der Waals surface area contributed by atoms with Gasteiger partial charge in [0.15, 0.2) is 0 Å². The molecule has 0 aliphatic heterocycles. The molecule has 0 radical (unpaired) electrons. The van der Waals surface area contributed by atoms with Crippen LogP contribution >= 0.6 is 23.2 Å². The van der Waals surface area contributed by atoms with E-state index in [-0.39, 0.29) is 6.54 Å². The van der Waals surface area contributed by atoms with Crippen LogP contribution in [0.1, 0.15) is 31.7 Å². The Labute approximate surface area is 134 Å². The lowest BCUT2D eigenvalue weighted by atomic mass is 10.1. The zero-order valence-corrected chi connectivity index (χ0v) is 13.3. The van der Waals surface area contributed by atoms with Gasteiger partial charge in [0.05, 0.1) is 10.0 Å². The average molecular weight is 332 g/mol. The molecule has 0 spiro atoms. The van der Waals surface area contributed by atoms with E-state index in [2.05, 4.69) is 10.6 Å². The summed E-state index contributed by atoms with van der Waals surface area (Å²) in [6.45, 7) is 2.28. The molecule has 0 fully saturated rings. The summed E-state index contributed by atoms with van der Waals surface area (Å²) in [6, 6.07) is 4.00. The summed E-state index contributed by atoms with van der Waals surface area (Å²) >= 11 is 11.7. The minimum absolute atomic E-state index is 0.280. The van der Waals surface area contributed by atoms with Gasteiger partial charge in [-0.3, -0.25) is 4.79 Å². The van der Waals surface area contributed by atoms with Crippen LogP contribution < -0.4 is 16.4 Å². The Hall–Kier alpha value is -1.46. The Morgan fingerprint density at radius 2 is 2.00 bits per heavy atom. The first-order chi connectivity index (χ1) is 9.93. The third kappa shape index (κ3) is 6.23. The number of hydrogen-bond acceptors (Lipinski definition) is 2. The van der Waals surface area contributed by atoms with E-state index >= 15 is 0 Å². The van der Waals surface area contributed by atoms with Crippen LogP contribution in [0.2, 0.25) is 10.0 Å². The van der Waals surface area contributed by atoms with Crippen molar-refractivity contribution in [2.75, 3.05) is 0 Å². The van der Waals surface area contributed by atoms with E-state index in [0.29, 0.717) is 16.5 Å². The standard InChI is InChI=1S/C14H19Cl2N3O2/c1-2-3-4-12(13(17)20)19-14(21)18-8-9-5-6-10(15)11(16)7-9/h5-7,12H,2-4,8H2,1H3,(H2,17,20)(H2,18,19,21)/t12-/m1/s1. The van der Waals surface area contributed by atoms with Crippen molar-refractivity contribution in [1.82, 2.24) is 10.6 Å². The molecule has 3 amide bonds. The Bertz CT molecular complexity index is 509. The second-order valence-electron chi connectivity index (χ2n) is 4.67. The molecular weight excluding hydrogens is 313 g/mol. The molecule has 1 atom stereocenters. The highest BCUT2D eigenvalue weighted by Crippen LogP contribution is 2.22. The van der Waals surface area contributed by atoms with Crippen LogP contribution in [0.4, 0.5) is 4.79 Å². The zero-order valence-electron chi connectivity index (χ0n) is 11.8. The van der Waals surface area contributed by atoms with Crippen molar-refractivity contribution in [3.05, 3.63) is 33.8 Å². The SMILES string of the molecule is CCCC[C@@H](NC(=O)NCc1ccc(Cl)c(Cl)c1)C(N)=O. The van der Waals surface area contributed by atoms with Crippen molar-refractivity contribution < 1.29 is 9.59 Å². The normalized spacial score (nSPS) is 11.8. The molecule has 0 aliphatic carbocycles. The van der Waals surface area contributed by atoms with Crippen LogP contribution in [0.3, 0.4) is 0 Å². The van der Waals surface area contributed by atoms with Gasteiger partial charge in [-0.2, -0.15) is 0 Å².